The normalized spacial score (nSPS) is 16.8. The average Bonchev–Trinajstić information content (AvgIpc) is 2.84. The van der Waals surface area contributed by atoms with E-state index in [-0.39, 0.29) is 18.5 Å². The molecule has 0 saturated heterocycles. The number of benzene rings is 1. The second-order valence-corrected chi connectivity index (χ2v) is 4.47. The van der Waals surface area contributed by atoms with Crippen LogP contribution in [-0.2, 0) is 11.3 Å². The number of halogens is 1. The number of nitrogens with zero attached hydrogens (tertiary/aromatic N) is 1. The molecule has 1 aliphatic rings. The lowest BCUT2D eigenvalue weighted by Gasteiger charge is -2.11. The number of nitrogens with one attached hydrogen (secondary N) is 1. The van der Waals surface area contributed by atoms with Crippen molar-refractivity contribution in [2.24, 2.45) is 0 Å². The Bertz CT molecular complexity index is 545. The van der Waals surface area contributed by atoms with Crippen LogP contribution < -0.4 is 5.32 Å². The third kappa shape index (κ3) is 2.63. The van der Waals surface area contributed by atoms with Gasteiger partial charge in [0.1, 0.15) is 0 Å². The fraction of sp³-hybridized carbons (Fsp3) is 0.267. The van der Waals surface area contributed by atoms with Crippen molar-refractivity contribution in [1.82, 2.24) is 10.3 Å². The van der Waals surface area contributed by atoms with E-state index in [1.54, 1.807) is 6.20 Å². The molecule has 1 aromatic carbocycles. The molecule has 0 saturated carbocycles. The Kier molecular flexibility index (Phi) is 4.53. The van der Waals surface area contributed by atoms with Gasteiger partial charge in [-0.2, -0.15) is 0 Å². The zero-order valence-electron chi connectivity index (χ0n) is 10.8. The molecule has 0 radical (unpaired) electrons. The number of pyridine rings is 1. The highest BCUT2D eigenvalue weighted by Gasteiger charge is 2.24. The number of rotatable bonds is 3. The molecule has 19 heavy (non-hydrogen) atoms. The van der Waals surface area contributed by atoms with Crippen LogP contribution in [0.4, 0.5) is 0 Å². The van der Waals surface area contributed by atoms with Crippen LogP contribution in [0.15, 0.2) is 42.7 Å². The van der Waals surface area contributed by atoms with Crippen molar-refractivity contribution in [1.29, 1.82) is 0 Å². The fourth-order valence-electron chi connectivity index (χ4n) is 2.49. The molecular formula is C15H17ClN2O. The van der Waals surface area contributed by atoms with E-state index >= 15 is 0 Å². The highest BCUT2D eigenvalue weighted by molar-refractivity contribution is 5.85. The highest BCUT2D eigenvalue weighted by atomic mass is 35.5. The van der Waals surface area contributed by atoms with Gasteiger partial charge in [0.25, 0.3) is 0 Å². The molecule has 1 unspecified atom stereocenters. The minimum absolute atomic E-state index is 0. The molecule has 1 N–H and O–H groups in total. The first kappa shape index (κ1) is 14.0. The molecule has 100 valence electrons. The number of hydrogen-bond donors (Lipinski definition) is 1. The van der Waals surface area contributed by atoms with E-state index < -0.39 is 0 Å². The van der Waals surface area contributed by atoms with Crippen LogP contribution in [0.1, 0.15) is 17.2 Å². The molecule has 3 rings (SSSR count). The lowest BCUT2D eigenvalue weighted by molar-refractivity contribution is 0.0675. The molecule has 1 atom stereocenters. The van der Waals surface area contributed by atoms with Gasteiger partial charge in [0.2, 0.25) is 0 Å². The molecule has 0 bridgehead atoms. The Balaban J connectivity index is 0.00000133. The Hall–Kier alpha value is -1.42. The second-order valence-electron chi connectivity index (χ2n) is 4.47. The molecule has 0 spiro atoms. The lowest BCUT2D eigenvalue weighted by atomic mass is 9.96. The van der Waals surface area contributed by atoms with Crippen LogP contribution in [-0.4, -0.2) is 18.6 Å². The van der Waals surface area contributed by atoms with Crippen molar-refractivity contribution in [2.45, 2.75) is 12.7 Å². The molecule has 1 aromatic heterocycles. The summed E-state index contributed by atoms with van der Waals surface area (Å²) in [6, 6.07) is 10.5. The molecule has 4 heteroatoms. The maximum atomic E-state index is 5.84. The van der Waals surface area contributed by atoms with Crippen LogP contribution in [0, 0.1) is 0 Å². The van der Waals surface area contributed by atoms with Gasteiger partial charge in [-0.25, -0.2) is 0 Å². The van der Waals surface area contributed by atoms with Gasteiger partial charge in [0, 0.05) is 24.5 Å². The van der Waals surface area contributed by atoms with Gasteiger partial charge in [0.15, 0.2) is 0 Å². The Morgan fingerprint density at radius 2 is 2.21 bits per heavy atom. The van der Waals surface area contributed by atoms with Crippen LogP contribution in [0.3, 0.4) is 0 Å². The predicted octanol–water partition coefficient (Wildman–Crippen LogP) is 2.96. The van der Waals surface area contributed by atoms with Crippen molar-refractivity contribution in [2.75, 3.05) is 13.6 Å². The standard InChI is InChI=1S/C15H16N2O.ClH/c1-16-9-15-13-6-2-5-12(14(13)10-18-15)11-4-3-7-17-8-11;/h2-8,15-16H,9-10H2,1H3;1H. The van der Waals surface area contributed by atoms with Crippen LogP contribution >= 0.6 is 12.4 Å². The quantitative estimate of drug-likeness (QED) is 0.936. The van der Waals surface area contributed by atoms with E-state index in [2.05, 4.69) is 34.6 Å². The van der Waals surface area contributed by atoms with E-state index in [0.29, 0.717) is 6.61 Å². The molecule has 3 nitrogen and oxygen atoms in total. The summed E-state index contributed by atoms with van der Waals surface area (Å²) in [4.78, 5) is 4.19. The van der Waals surface area contributed by atoms with Crippen molar-refractivity contribution < 1.29 is 4.74 Å². The van der Waals surface area contributed by atoms with Gasteiger partial charge in [-0.1, -0.05) is 24.3 Å². The molecule has 0 amide bonds. The summed E-state index contributed by atoms with van der Waals surface area (Å²) in [5.41, 5.74) is 4.98. The predicted molar refractivity (Wildman–Crippen MR) is 78.4 cm³/mol. The van der Waals surface area contributed by atoms with E-state index in [0.717, 1.165) is 12.1 Å². The first-order valence-corrected chi connectivity index (χ1v) is 6.18. The van der Waals surface area contributed by atoms with Crippen molar-refractivity contribution >= 4 is 12.4 Å². The largest absolute Gasteiger partial charge is 0.367 e. The SMILES string of the molecule is CNCC1OCc2c(-c3cccnc3)cccc21.Cl. The van der Waals surface area contributed by atoms with Crippen molar-refractivity contribution in [3.05, 3.63) is 53.9 Å². The summed E-state index contributed by atoms with van der Waals surface area (Å²) in [6.07, 6.45) is 3.87. The lowest BCUT2D eigenvalue weighted by Crippen LogP contribution is -2.16. The van der Waals surface area contributed by atoms with Gasteiger partial charge in [-0.15, -0.1) is 12.4 Å². The molecular weight excluding hydrogens is 260 g/mol. The number of likely N-dealkylation sites (N-methyl/N-ethyl adjacent to an activating group) is 1. The molecule has 0 aliphatic carbocycles. The van der Waals surface area contributed by atoms with E-state index in [4.69, 9.17) is 4.74 Å². The number of hydrogen-bond acceptors (Lipinski definition) is 3. The second kappa shape index (κ2) is 6.15. The summed E-state index contributed by atoms with van der Waals surface area (Å²) >= 11 is 0. The van der Waals surface area contributed by atoms with E-state index in [1.807, 2.05) is 19.3 Å². The van der Waals surface area contributed by atoms with Crippen LogP contribution in [0.5, 0.6) is 0 Å². The Labute approximate surface area is 119 Å². The topological polar surface area (TPSA) is 34.1 Å². The molecule has 2 aromatic rings. The first-order valence-electron chi connectivity index (χ1n) is 6.18. The number of aromatic nitrogens is 1. The summed E-state index contributed by atoms with van der Waals surface area (Å²) in [5, 5.41) is 3.17. The Morgan fingerprint density at radius 3 is 2.95 bits per heavy atom. The van der Waals surface area contributed by atoms with Gasteiger partial charge in [0.05, 0.1) is 12.7 Å². The average molecular weight is 277 g/mol. The van der Waals surface area contributed by atoms with Gasteiger partial charge < -0.3 is 10.1 Å². The van der Waals surface area contributed by atoms with Gasteiger partial charge in [-0.3, -0.25) is 4.98 Å². The molecule has 0 fully saturated rings. The fourth-order valence-corrected chi connectivity index (χ4v) is 2.49. The highest BCUT2D eigenvalue weighted by Crippen LogP contribution is 2.36. The third-order valence-corrected chi connectivity index (χ3v) is 3.35. The summed E-state index contributed by atoms with van der Waals surface area (Å²) in [6.45, 7) is 1.54. The maximum absolute atomic E-state index is 5.84. The number of fused-ring (bicyclic) bond motifs is 1. The summed E-state index contributed by atoms with van der Waals surface area (Å²) < 4.78 is 5.84. The monoisotopic (exact) mass is 276 g/mol. The van der Waals surface area contributed by atoms with Crippen LogP contribution in [0.2, 0.25) is 0 Å². The van der Waals surface area contributed by atoms with E-state index in [9.17, 15) is 0 Å². The minimum Gasteiger partial charge on any atom is -0.367 e. The third-order valence-electron chi connectivity index (χ3n) is 3.35. The van der Waals surface area contributed by atoms with Gasteiger partial charge >= 0.3 is 0 Å². The number of ether oxygens (including phenoxy) is 1. The zero-order chi connectivity index (χ0) is 12.4. The first-order chi connectivity index (χ1) is 8.90. The minimum atomic E-state index is 0. The zero-order valence-corrected chi connectivity index (χ0v) is 11.6. The van der Waals surface area contributed by atoms with Crippen molar-refractivity contribution in [3.8, 4) is 11.1 Å². The summed E-state index contributed by atoms with van der Waals surface area (Å²) in [7, 11) is 1.95. The molecule has 2 heterocycles. The molecule has 1 aliphatic heterocycles. The summed E-state index contributed by atoms with van der Waals surface area (Å²) in [5.74, 6) is 0. The van der Waals surface area contributed by atoms with Gasteiger partial charge in [-0.05, 0) is 29.8 Å². The Morgan fingerprint density at radius 1 is 1.32 bits per heavy atom. The van der Waals surface area contributed by atoms with Crippen molar-refractivity contribution in [3.63, 3.8) is 0 Å². The smallest absolute Gasteiger partial charge is 0.0957 e. The van der Waals surface area contributed by atoms with Crippen LogP contribution in [0.25, 0.3) is 11.1 Å². The van der Waals surface area contributed by atoms with E-state index in [1.165, 1.54) is 16.7 Å². The maximum Gasteiger partial charge on any atom is 0.0957 e.